The number of allylic oxidation sites excluding steroid dienone is 1. The molecule has 3 aromatic carbocycles. The van der Waals surface area contributed by atoms with Gasteiger partial charge in [0.25, 0.3) is 5.56 Å². The minimum absolute atomic E-state index is 0.110. The number of thiazole rings is 1. The highest BCUT2D eigenvalue weighted by Crippen LogP contribution is 2.38. The first-order valence-corrected chi connectivity index (χ1v) is 13.8. The standard InChI is InChI=1S/C30H21ClF4N2O4S/c1-2-40-28(39)24-25(19-7-9-20(31)10-8-19)37-27(38)23(42-29(37)36-26(24)30(33,34)35)15-17-5-13-22(14-6-17)41-16-18-3-11-21(32)12-4-18/h3-15,25H,2,16H2,1H3/b23-15-/t25-/m0/s1. The van der Waals surface area contributed by atoms with Crippen molar-refractivity contribution in [2.24, 2.45) is 4.99 Å². The molecule has 4 aromatic rings. The van der Waals surface area contributed by atoms with Crippen molar-refractivity contribution in [3.05, 3.63) is 131 Å². The molecule has 0 radical (unpaired) electrons. The fraction of sp³-hybridized carbons (Fsp3) is 0.167. The number of ether oxygens (including phenoxy) is 2. The molecule has 42 heavy (non-hydrogen) atoms. The lowest BCUT2D eigenvalue weighted by Crippen LogP contribution is -2.41. The van der Waals surface area contributed by atoms with E-state index in [4.69, 9.17) is 21.1 Å². The number of hydrogen-bond donors (Lipinski definition) is 0. The van der Waals surface area contributed by atoms with Crippen molar-refractivity contribution in [3.8, 4) is 5.75 Å². The lowest BCUT2D eigenvalue weighted by molar-refractivity contribution is -0.140. The molecule has 1 aromatic heterocycles. The lowest BCUT2D eigenvalue weighted by Gasteiger charge is -2.26. The summed E-state index contributed by atoms with van der Waals surface area (Å²) in [6, 6.07) is 17.0. The van der Waals surface area contributed by atoms with Gasteiger partial charge in [-0.05, 0) is 66.1 Å². The number of esters is 1. The van der Waals surface area contributed by atoms with Crippen molar-refractivity contribution in [3.63, 3.8) is 0 Å². The summed E-state index contributed by atoms with van der Waals surface area (Å²) >= 11 is 6.77. The zero-order valence-electron chi connectivity index (χ0n) is 21.8. The van der Waals surface area contributed by atoms with Crippen molar-refractivity contribution >= 4 is 35.0 Å². The predicted octanol–water partition coefficient (Wildman–Crippen LogP) is 5.71. The van der Waals surface area contributed by atoms with E-state index in [1.54, 1.807) is 36.4 Å². The van der Waals surface area contributed by atoms with Gasteiger partial charge in [0.2, 0.25) is 0 Å². The first-order valence-electron chi connectivity index (χ1n) is 12.6. The summed E-state index contributed by atoms with van der Waals surface area (Å²) in [7, 11) is 0. The van der Waals surface area contributed by atoms with Gasteiger partial charge in [0.1, 0.15) is 18.2 Å². The van der Waals surface area contributed by atoms with Crippen LogP contribution in [-0.4, -0.2) is 23.3 Å². The number of rotatable bonds is 7. The number of aromatic nitrogens is 1. The maximum absolute atomic E-state index is 14.2. The van der Waals surface area contributed by atoms with E-state index in [1.165, 1.54) is 49.4 Å². The topological polar surface area (TPSA) is 69.9 Å². The number of carbonyl (C=O) groups excluding carboxylic acids is 1. The zero-order chi connectivity index (χ0) is 30.0. The van der Waals surface area contributed by atoms with Crippen molar-refractivity contribution in [1.82, 2.24) is 4.57 Å². The minimum atomic E-state index is -4.99. The molecule has 216 valence electrons. The van der Waals surface area contributed by atoms with Crippen LogP contribution in [0.1, 0.15) is 29.7 Å². The average molecular weight is 617 g/mol. The Morgan fingerprint density at radius 3 is 2.33 bits per heavy atom. The van der Waals surface area contributed by atoms with Gasteiger partial charge in [0.05, 0.1) is 22.8 Å². The van der Waals surface area contributed by atoms with Crippen LogP contribution in [-0.2, 0) is 16.1 Å². The van der Waals surface area contributed by atoms with Gasteiger partial charge in [-0.25, -0.2) is 14.2 Å². The monoisotopic (exact) mass is 616 g/mol. The molecule has 0 N–H and O–H groups in total. The third-order valence-electron chi connectivity index (χ3n) is 6.28. The highest BCUT2D eigenvalue weighted by Gasteiger charge is 2.45. The SMILES string of the molecule is CCOC(=O)C1=C(C(F)(F)F)N=c2s/c(=C\c3ccc(OCc4ccc(F)cc4)cc3)c(=O)n2[C@H]1c1ccc(Cl)cc1. The first kappa shape index (κ1) is 29.3. The van der Waals surface area contributed by atoms with Crippen molar-refractivity contribution in [1.29, 1.82) is 0 Å². The summed E-state index contributed by atoms with van der Waals surface area (Å²) < 4.78 is 67.6. The highest BCUT2D eigenvalue weighted by atomic mass is 35.5. The normalized spacial score (nSPS) is 15.3. The zero-order valence-corrected chi connectivity index (χ0v) is 23.4. The molecule has 12 heteroatoms. The first-order chi connectivity index (χ1) is 20.0. The van der Waals surface area contributed by atoms with E-state index in [2.05, 4.69) is 4.99 Å². The molecule has 0 unspecified atom stereocenters. The van der Waals surface area contributed by atoms with Gasteiger partial charge in [-0.1, -0.05) is 59.3 Å². The predicted molar refractivity (Wildman–Crippen MR) is 149 cm³/mol. The number of alkyl halides is 3. The van der Waals surface area contributed by atoms with Gasteiger partial charge in [-0.2, -0.15) is 13.2 Å². The average Bonchev–Trinajstić information content (AvgIpc) is 3.27. The second-order valence-corrected chi connectivity index (χ2v) is 10.5. The van der Waals surface area contributed by atoms with Crippen LogP contribution in [0.2, 0.25) is 5.02 Å². The van der Waals surface area contributed by atoms with Crippen LogP contribution in [0.15, 0.2) is 93.9 Å². The Labute approximate surface area is 245 Å². The molecule has 2 heterocycles. The molecule has 6 nitrogen and oxygen atoms in total. The van der Waals surface area contributed by atoms with E-state index in [0.29, 0.717) is 16.3 Å². The molecule has 0 fully saturated rings. The largest absolute Gasteiger partial charge is 0.489 e. The number of halogens is 5. The van der Waals surface area contributed by atoms with Crippen molar-refractivity contribution in [2.45, 2.75) is 25.7 Å². The molecule has 0 aliphatic carbocycles. The molecular formula is C30H21ClF4N2O4S. The van der Waals surface area contributed by atoms with Gasteiger partial charge in [0, 0.05) is 5.02 Å². The van der Waals surface area contributed by atoms with E-state index < -0.39 is 35.0 Å². The molecule has 1 aliphatic heterocycles. The summed E-state index contributed by atoms with van der Waals surface area (Å²) in [5.41, 5.74) is -1.24. The van der Waals surface area contributed by atoms with Crippen molar-refractivity contribution in [2.75, 3.05) is 6.61 Å². The third-order valence-corrected chi connectivity index (χ3v) is 7.51. The Balaban J connectivity index is 1.56. The van der Waals surface area contributed by atoms with Gasteiger partial charge in [-0.15, -0.1) is 0 Å². The molecular weight excluding hydrogens is 596 g/mol. The van der Waals surface area contributed by atoms with Crippen LogP contribution in [0.25, 0.3) is 6.08 Å². The summed E-state index contributed by atoms with van der Waals surface area (Å²) in [6.45, 7) is 1.51. The Kier molecular flexibility index (Phi) is 8.33. The van der Waals surface area contributed by atoms with E-state index in [-0.39, 0.29) is 33.9 Å². The number of nitrogens with zero attached hydrogens (tertiary/aromatic N) is 2. The lowest BCUT2D eigenvalue weighted by atomic mass is 9.95. The summed E-state index contributed by atoms with van der Waals surface area (Å²) in [5, 5.41) is 0.328. The van der Waals surface area contributed by atoms with Crippen LogP contribution >= 0.6 is 22.9 Å². The molecule has 0 spiro atoms. The number of hydrogen-bond acceptors (Lipinski definition) is 6. The number of benzene rings is 3. The summed E-state index contributed by atoms with van der Waals surface area (Å²) in [4.78, 5) is 30.1. The molecule has 0 saturated heterocycles. The number of fused-ring (bicyclic) bond motifs is 1. The van der Waals surface area contributed by atoms with E-state index in [0.717, 1.165) is 21.5 Å². The maximum Gasteiger partial charge on any atom is 0.434 e. The third kappa shape index (κ3) is 6.17. The Morgan fingerprint density at radius 2 is 1.71 bits per heavy atom. The second-order valence-electron chi connectivity index (χ2n) is 9.10. The van der Waals surface area contributed by atoms with Gasteiger partial charge in [0.15, 0.2) is 10.5 Å². The Hall–Kier alpha value is -4.22. The smallest absolute Gasteiger partial charge is 0.434 e. The Morgan fingerprint density at radius 1 is 1.05 bits per heavy atom. The fourth-order valence-corrected chi connectivity index (χ4v) is 5.49. The van der Waals surface area contributed by atoms with Crippen LogP contribution < -0.4 is 19.6 Å². The van der Waals surface area contributed by atoms with Crippen LogP contribution in [0, 0.1) is 5.82 Å². The van der Waals surface area contributed by atoms with Gasteiger partial charge >= 0.3 is 12.1 Å². The molecule has 1 aliphatic rings. The van der Waals surface area contributed by atoms with E-state index in [9.17, 15) is 27.2 Å². The maximum atomic E-state index is 14.2. The summed E-state index contributed by atoms with van der Waals surface area (Å²) in [5.74, 6) is -1.05. The molecule has 0 amide bonds. The van der Waals surface area contributed by atoms with Crippen LogP contribution in [0.5, 0.6) is 5.75 Å². The highest BCUT2D eigenvalue weighted by molar-refractivity contribution is 7.07. The fourth-order valence-electron chi connectivity index (χ4n) is 4.36. The minimum Gasteiger partial charge on any atom is -0.489 e. The molecule has 0 bridgehead atoms. The van der Waals surface area contributed by atoms with Gasteiger partial charge in [-0.3, -0.25) is 9.36 Å². The quantitative estimate of drug-likeness (QED) is 0.197. The van der Waals surface area contributed by atoms with Crippen LogP contribution in [0.3, 0.4) is 0 Å². The van der Waals surface area contributed by atoms with E-state index >= 15 is 0 Å². The van der Waals surface area contributed by atoms with Crippen LogP contribution in [0.4, 0.5) is 17.6 Å². The van der Waals surface area contributed by atoms with Crippen molar-refractivity contribution < 1.29 is 31.8 Å². The molecule has 0 saturated carbocycles. The van der Waals surface area contributed by atoms with Gasteiger partial charge < -0.3 is 9.47 Å². The summed E-state index contributed by atoms with van der Waals surface area (Å²) in [6.07, 6.45) is -3.47. The van der Waals surface area contributed by atoms with E-state index in [1.807, 2.05) is 0 Å². The molecule has 1 atom stereocenters. The molecule has 5 rings (SSSR count). The second kappa shape index (κ2) is 11.9. The number of carbonyl (C=O) groups is 1. The Bertz CT molecular complexity index is 1830.